The van der Waals surface area contributed by atoms with Crippen LogP contribution >= 0.6 is 0 Å². The number of phenols is 2. The molecule has 0 bridgehead atoms. The van der Waals surface area contributed by atoms with Crippen molar-refractivity contribution in [2.45, 2.75) is 26.9 Å². The van der Waals surface area contributed by atoms with E-state index in [1.807, 2.05) is 44.3 Å². The molecule has 234 valence electrons. The molecule has 0 saturated carbocycles. The van der Waals surface area contributed by atoms with E-state index in [0.29, 0.717) is 28.5 Å². The third-order valence-corrected chi connectivity index (χ3v) is 7.46. The fourth-order valence-electron chi connectivity index (χ4n) is 5.21. The number of ether oxygens (including phenoxy) is 4. The van der Waals surface area contributed by atoms with Crippen molar-refractivity contribution in [3.8, 4) is 57.0 Å². The van der Waals surface area contributed by atoms with E-state index in [9.17, 15) is 10.2 Å². The Labute approximate surface area is 259 Å². The summed E-state index contributed by atoms with van der Waals surface area (Å²) in [7, 11) is 6.26. The summed E-state index contributed by atoms with van der Waals surface area (Å²) in [6.07, 6.45) is 3.61. The molecule has 2 N–H and O–H groups in total. The van der Waals surface area contributed by atoms with Crippen LogP contribution in [-0.2, 0) is 13.1 Å². The number of phenolic OH excluding ortho intramolecular Hbond substituents is 2. The number of nitrogens with zero attached hydrogens (tertiary/aromatic N) is 4. The first-order valence-corrected chi connectivity index (χ1v) is 14.7. The maximum Gasteiger partial charge on any atom is 0.203 e. The molecule has 2 aromatic heterocycles. The maximum absolute atomic E-state index is 10.1. The van der Waals surface area contributed by atoms with Gasteiger partial charge < -0.3 is 29.2 Å². The molecule has 10 nitrogen and oxygen atoms in total. The van der Waals surface area contributed by atoms with Gasteiger partial charge in [-0.3, -0.25) is 19.8 Å². The number of piperazine rings is 1. The van der Waals surface area contributed by atoms with Gasteiger partial charge in [0.1, 0.15) is 0 Å². The van der Waals surface area contributed by atoms with Gasteiger partial charge in [-0.2, -0.15) is 0 Å². The molecule has 0 aliphatic carbocycles. The van der Waals surface area contributed by atoms with Gasteiger partial charge in [0.05, 0.1) is 39.8 Å². The van der Waals surface area contributed by atoms with E-state index in [1.165, 1.54) is 18.7 Å². The lowest BCUT2D eigenvalue weighted by atomic mass is 10.1. The van der Waals surface area contributed by atoms with E-state index in [4.69, 9.17) is 18.9 Å². The van der Waals surface area contributed by atoms with Crippen LogP contribution in [0, 0.1) is 0 Å². The summed E-state index contributed by atoms with van der Waals surface area (Å²) in [4.78, 5) is 13.9. The molecule has 0 spiro atoms. The van der Waals surface area contributed by atoms with Gasteiger partial charge in [-0.05, 0) is 59.7 Å². The zero-order chi connectivity index (χ0) is 31.6. The summed E-state index contributed by atoms with van der Waals surface area (Å²) in [5.74, 6) is 1.44. The number of rotatable bonds is 10. The fourth-order valence-corrected chi connectivity index (χ4v) is 5.21. The van der Waals surface area contributed by atoms with Crippen LogP contribution in [0.25, 0.3) is 22.5 Å². The number of hydrogen-bond donors (Lipinski definition) is 2. The van der Waals surface area contributed by atoms with E-state index >= 15 is 0 Å². The van der Waals surface area contributed by atoms with Crippen LogP contribution in [-0.4, -0.2) is 84.6 Å². The molecular formula is C34H42N4O6. The SMILES string of the molecule is CC.COc1cc(-c2cc(CN3CCN(Cc4ccnc(-c5cc(OC)c(OC)c(OC)c5)c4)CC3)ccn2)cc(O)c1O. The van der Waals surface area contributed by atoms with Gasteiger partial charge >= 0.3 is 0 Å². The summed E-state index contributed by atoms with van der Waals surface area (Å²) < 4.78 is 21.7. The first kappa shape index (κ1) is 32.4. The molecule has 1 saturated heterocycles. The predicted molar refractivity (Wildman–Crippen MR) is 171 cm³/mol. The average Bonchev–Trinajstić information content (AvgIpc) is 3.07. The normalized spacial score (nSPS) is 13.5. The topological polar surface area (TPSA) is 110 Å². The Morgan fingerprint density at radius 3 is 1.48 bits per heavy atom. The number of pyridine rings is 2. The quantitative estimate of drug-likeness (QED) is 0.223. The molecule has 0 atom stereocenters. The van der Waals surface area contributed by atoms with Crippen LogP contribution in [0.5, 0.6) is 34.5 Å². The Kier molecular flexibility index (Phi) is 11.2. The number of methoxy groups -OCH3 is 4. The van der Waals surface area contributed by atoms with Crippen molar-refractivity contribution >= 4 is 0 Å². The molecule has 4 aromatic rings. The third kappa shape index (κ3) is 7.50. The average molecular weight is 603 g/mol. The third-order valence-electron chi connectivity index (χ3n) is 7.46. The molecule has 3 heterocycles. The van der Waals surface area contributed by atoms with Gasteiger partial charge in [-0.1, -0.05) is 13.8 Å². The number of benzene rings is 2. The van der Waals surface area contributed by atoms with Crippen molar-refractivity contribution < 1.29 is 29.2 Å². The van der Waals surface area contributed by atoms with E-state index in [-0.39, 0.29) is 17.2 Å². The molecule has 0 amide bonds. The van der Waals surface area contributed by atoms with Crippen LogP contribution in [0.2, 0.25) is 0 Å². The highest BCUT2D eigenvalue weighted by Gasteiger charge is 2.19. The monoisotopic (exact) mass is 602 g/mol. The lowest BCUT2D eigenvalue weighted by molar-refractivity contribution is 0.122. The largest absolute Gasteiger partial charge is 0.504 e. The molecule has 1 fully saturated rings. The highest BCUT2D eigenvalue weighted by Crippen LogP contribution is 2.41. The van der Waals surface area contributed by atoms with Crippen molar-refractivity contribution in [2.75, 3.05) is 54.6 Å². The summed E-state index contributed by atoms with van der Waals surface area (Å²) >= 11 is 0. The van der Waals surface area contributed by atoms with E-state index in [2.05, 4.69) is 31.9 Å². The van der Waals surface area contributed by atoms with Gasteiger partial charge in [0.15, 0.2) is 23.0 Å². The van der Waals surface area contributed by atoms with E-state index < -0.39 is 0 Å². The van der Waals surface area contributed by atoms with Crippen LogP contribution in [0.15, 0.2) is 60.9 Å². The Hall–Kier alpha value is -4.54. The molecule has 0 radical (unpaired) electrons. The lowest BCUT2D eigenvalue weighted by Gasteiger charge is -2.34. The van der Waals surface area contributed by atoms with Crippen molar-refractivity contribution in [2.24, 2.45) is 0 Å². The minimum atomic E-state index is -0.278. The standard InChI is InChI=1S/C32H36N4O6.C2H6/c1-39-28-16-23(15-27(37)31(28)38)25-13-21(5-7-33-25)19-35-9-11-36(12-10-35)20-22-6-8-34-26(14-22)24-17-29(40-2)32(42-4)30(18-24)41-3;1-2/h5-8,13-18,37-38H,9-12,19-20H2,1-4H3;1-2H3. The molecular weight excluding hydrogens is 560 g/mol. The van der Waals surface area contributed by atoms with Crippen molar-refractivity contribution in [1.82, 2.24) is 19.8 Å². The summed E-state index contributed by atoms with van der Waals surface area (Å²) in [5, 5.41) is 20.0. The number of aromatic hydroxyl groups is 2. The molecule has 1 aliphatic rings. The van der Waals surface area contributed by atoms with Gasteiger partial charge in [0, 0.05) is 62.8 Å². The van der Waals surface area contributed by atoms with Gasteiger partial charge in [0.25, 0.3) is 0 Å². The van der Waals surface area contributed by atoms with Crippen molar-refractivity contribution in [1.29, 1.82) is 0 Å². The van der Waals surface area contributed by atoms with Crippen molar-refractivity contribution in [3.05, 3.63) is 72.1 Å². The Balaban J connectivity index is 0.00000216. The fraction of sp³-hybridized carbons (Fsp3) is 0.353. The van der Waals surface area contributed by atoms with E-state index in [1.54, 1.807) is 33.6 Å². The molecule has 0 unspecified atom stereocenters. The highest BCUT2D eigenvalue weighted by molar-refractivity contribution is 5.69. The lowest BCUT2D eigenvalue weighted by Crippen LogP contribution is -2.45. The van der Waals surface area contributed by atoms with Crippen LogP contribution < -0.4 is 18.9 Å². The van der Waals surface area contributed by atoms with Gasteiger partial charge in [0.2, 0.25) is 11.5 Å². The summed E-state index contributed by atoms with van der Waals surface area (Å²) in [6.45, 7) is 9.41. The van der Waals surface area contributed by atoms with Crippen LogP contribution in [0.3, 0.4) is 0 Å². The van der Waals surface area contributed by atoms with Gasteiger partial charge in [-0.25, -0.2) is 0 Å². The zero-order valence-corrected chi connectivity index (χ0v) is 26.3. The second-order valence-corrected chi connectivity index (χ2v) is 10.1. The van der Waals surface area contributed by atoms with Crippen LogP contribution in [0.4, 0.5) is 0 Å². The molecule has 44 heavy (non-hydrogen) atoms. The number of hydrogen-bond acceptors (Lipinski definition) is 10. The first-order chi connectivity index (χ1) is 21.4. The molecule has 10 heteroatoms. The van der Waals surface area contributed by atoms with Crippen LogP contribution in [0.1, 0.15) is 25.0 Å². The van der Waals surface area contributed by atoms with Gasteiger partial charge in [-0.15, -0.1) is 0 Å². The Morgan fingerprint density at radius 1 is 0.614 bits per heavy atom. The summed E-state index contributed by atoms with van der Waals surface area (Å²) in [5.41, 5.74) is 5.45. The predicted octanol–water partition coefficient (Wildman–Crippen LogP) is 5.60. The minimum absolute atomic E-state index is 0.207. The smallest absolute Gasteiger partial charge is 0.203 e. The van der Waals surface area contributed by atoms with E-state index in [0.717, 1.165) is 56.1 Å². The molecule has 2 aromatic carbocycles. The molecule has 1 aliphatic heterocycles. The highest BCUT2D eigenvalue weighted by atomic mass is 16.5. The zero-order valence-electron chi connectivity index (χ0n) is 26.3. The maximum atomic E-state index is 10.1. The second kappa shape index (κ2) is 15.3. The Morgan fingerprint density at radius 2 is 1.05 bits per heavy atom. The number of aromatic nitrogens is 2. The van der Waals surface area contributed by atoms with Crippen molar-refractivity contribution in [3.63, 3.8) is 0 Å². The summed E-state index contributed by atoms with van der Waals surface area (Å²) in [6, 6.07) is 15.2. The molecule has 5 rings (SSSR count). The minimum Gasteiger partial charge on any atom is -0.504 e. The second-order valence-electron chi connectivity index (χ2n) is 10.1. The first-order valence-electron chi connectivity index (χ1n) is 14.7. The Bertz CT molecular complexity index is 1510.